The number of rotatable bonds is 4. The van der Waals surface area contributed by atoms with E-state index in [4.69, 9.17) is 0 Å². The van der Waals surface area contributed by atoms with E-state index in [1.54, 1.807) is 12.1 Å². The molecule has 0 saturated heterocycles. The van der Waals surface area contributed by atoms with Crippen LogP contribution in [0.5, 0.6) is 0 Å². The second-order valence-electron chi connectivity index (χ2n) is 4.28. The molecular weight excluding hydrogens is 344 g/mol. The molecule has 0 aliphatic carbocycles. The fourth-order valence-corrected chi connectivity index (χ4v) is 2.04. The summed E-state index contributed by atoms with van der Waals surface area (Å²) in [6, 6.07) is 8.47. The summed E-state index contributed by atoms with van der Waals surface area (Å²) in [7, 11) is 1.22. The molecule has 0 fully saturated rings. The Hall–Kier alpha value is -1.95. The molecule has 21 heavy (non-hydrogen) atoms. The van der Waals surface area contributed by atoms with Crippen LogP contribution in [0.2, 0.25) is 0 Å². The third-order valence-corrected chi connectivity index (χ3v) is 3.50. The van der Waals surface area contributed by atoms with Gasteiger partial charge in [-0.05, 0) is 51.8 Å². The lowest BCUT2D eigenvalue weighted by molar-refractivity contribution is 0.0601. The zero-order valence-corrected chi connectivity index (χ0v) is 12.7. The number of hydrogen-bond donors (Lipinski definition) is 1. The number of benzene rings is 2. The van der Waals surface area contributed by atoms with Gasteiger partial charge in [-0.15, -0.1) is 0 Å². The average Bonchev–Trinajstić information content (AvgIpc) is 2.48. The Morgan fingerprint density at radius 1 is 1.24 bits per heavy atom. The summed E-state index contributed by atoms with van der Waals surface area (Å²) in [4.78, 5) is 11.6. The summed E-state index contributed by atoms with van der Waals surface area (Å²) >= 11 is 3.08. The van der Waals surface area contributed by atoms with E-state index in [0.29, 0.717) is 22.3 Å². The van der Waals surface area contributed by atoms with Crippen LogP contribution in [-0.2, 0) is 11.3 Å². The maximum absolute atomic E-state index is 13.4. The maximum Gasteiger partial charge on any atom is 0.340 e. The Morgan fingerprint density at radius 3 is 2.67 bits per heavy atom. The SMILES string of the molecule is COC(=O)c1cc(F)ccc1NCc1ccc(Br)c(F)c1. The van der Waals surface area contributed by atoms with E-state index < -0.39 is 11.8 Å². The first kappa shape index (κ1) is 15.4. The first-order valence-electron chi connectivity index (χ1n) is 6.07. The monoisotopic (exact) mass is 355 g/mol. The van der Waals surface area contributed by atoms with Crippen LogP contribution in [0.15, 0.2) is 40.9 Å². The minimum absolute atomic E-state index is 0.0927. The van der Waals surface area contributed by atoms with E-state index in [1.807, 2.05) is 0 Å². The molecule has 0 unspecified atom stereocenters. The van der Waals surface area contributed by atoms with Crippen LogP contribution in [-0.4, -0.2) is 13.1 Å². The summed E-state index contributed by atoms with van der Waals surface area (Å²) in [5.41, 5.74) is 1.21. The topological polar surface area (TPSA) is 38.3 Å². The highest BCUT2D eigenvalue weighted by Gasteiger charge is 2.13. The van der Waals surface area contributed by atoms with Gasteiger partial charge >= 0.3 is 5.97 Å². The van der Waals surface area contributed by atoms with Crippen molar-refractivity contribution in [3.63, 3.8) is 0 Å². The van der Waals surface area contributed by atoms with Gasteiger partial charge in [-0.1, -0.05) is 6.07 Å². The van der Waals surface area contributed by atoms with Crippen molar-refractivity contribution in [2.24, 2.45) is 0 Å². The van der Waals surface area contributed by atoms with Gasteiger partial charge in [0.15, 0.2) is 0 Å². The van der Waals surface area contributed by atoms with Gasteiger partial charge in [-0.2, -0.15) is 0 Å². The van der Waals surface area contributed by atoms with Gasteiger partial charge in [-0.25, -0.2) is 13.6 Å². The van der Waals surface area contributed by atoms with Gasteiger partial charge in [0.2, 0.25) is 0 Å². The number of hydrogen-bond acceptors (Lipinski definition) is 3. The second kappa shape index (κ2) is 6.67. The standard InChI is InChI=1S/C15H12BrF2NO2/c1-21-15(20)11-7-10(17)3-5-14(11)19-8-9-2-4-12(16)13(18)6-9/h2-7,19H,8H2,1H3. The minimum Gasteiger partial charge on any atom is -0.465 e. The smallest absolute Gasteiger partial charge is 0.340 e. The number of carbonyl (C=O) groups is 1. The normalized spacial score (nSPS) is 10.3. The number of carbonyl (C=O) groups excluding carboxylic acids is 1. The lowest BCUT2D eigenvalue weighted by Crippen LogP contribution is -2.09. The number of nitrogens with one attached hydrogen (secondary N) is 1. The number of methoxy groups -OCH3 is 1. The van der Waals surface area contributed by atoms with Gasteiger partial charge in [0.1, 0.15) is 11.6 Å². The van der Waals surface area contributed by atoms with Crippen LogP contribution in [0.3, 0.4) is 0 Å². The lowest BCUT2D eigenvalue weighted by atomic mass is 10.1. The molecule has 0 amide bonds. The first-order chi connectivity index (χ1) is 10.0. The number of anilines is 1. The number of ether oxygens (including phenoxy) is 1. The van der Waals surface area contributed by atoms with Gasteiger partial charge in [0.25, 0.3) is 0 Å². The van der Waals surface area contributed by atoms with E-state index in [0.717, 1.165) is 6.07 Å². The molecule has 0 aliphatic heterocycles. The molecule has 1 N–H and O–H groups in total. The van der Waals surface area contributed by atoms with Gasteiger partial charge < -0.3 is 10.1 Å². The average molecular weight is 356 g/mol. The molecule has 2 aromatic carbocycles. The molecule has 110 valence electrons. The van der Waals surface area contributed by atoms with E-state index in [9.17, 15) is 13.6 Å². The van der Waals surface area contributed by atoms with Crippen molar-refractivity contribution in [2.75, 3.05) is 12.4 Å². The third kappa shape index (κ3) is 3.78. The van der Waals surface area contributed by atoms with Gasteiger partial charge in [0, 0.05) is 12.2 Å². The van der Waals surface area contributed by atoms with Crippen molar-refractivity contribution >= 4 is 27.6 Å². The quantitative estimate of drug-likeness (QED) is 0.838. The molecule has 0 heterocycles. The van der Waals surface area contributed by atoms with Crippen LogP contribution in [0.1, 0.15) is 15.9 Å². The minimum atomic E-state index is -0.640. The molecule has 2 rings (SSSR count). The summed E-state index contributed by atoms with van der Waals surface area (Å²) in [6.45, 7) is 0.291. The Kier molecular flexibility index (Phi) is 4.90. The van der Waals surface area contributed by atoms with Crippen LogP contribution in [0.4, 0.5) is 14.5 Å². The highest BCUT2D eigenvalue weighted by atomic mass is 79.9. The van der Waals surface area contributed by atoms with Crippen molar-refractivity contribution in [2.45, 2.75) is 6.54 Å². The predicted molar refractivity (Wildman–Crippen MR) is 79.2 cm³/mol. The van der Waals surface area contributed by atoms with E-state index in [-0.39, 0.29) is 11.4 Å². The van der Waals surface area contributed by atoms with Gasteiger partial charge in [-0.3, -0.25) is 0 Å². The Labute approximate surface area is 129 Å². The van der Waals surface area contributed by atoms with Crippen molar-refractivity contribution in [1.82, 2.24) is 0 Å². The molecular formula is C15H12BrF2NO2. The van der Waals surface area contributed by atoms with Crippen molar-refractivity contribution in [3.05, 3.63) is 63.6 Å². The van der Waals surface area contributed by atoms with Crippen molar-refractivity contribution in [3.8, 4) is 0 Å². The molecule has 0 atom stereocenters. The summed E-state index contributed by atoms with van der Waals surface area (Å²) in [5, 5.41) is 2.97. The molecule has 0 bridgehead atoms. The predicted octanol–water partition coefficient (Wildman–Crippen LogP) is 4.13. The molecule has 0 radical (unpaired) electrons. The first-order valence-corrected chi connectivity index (χ1v) is 6.86. The van der Waals surface area contributed by atoms with E-state index >= 15 is 0 Å². The molecule has 6 heteroatoms. The van der Waals surface area contributed by atoms with Crippen LogP contribution in [0, 0.1) is 11.6 Å². The molecule has 0 aliphatic rings. The largest absolute Gasteiger partial charge is 0.465 e. The molecule has 2 aromatic rings. The zero-order chi connectivity index (χ0) is 15.4. The highest BCUT2D eigenvalue weighted by Crippen LogP contribution is 2.21. The fourth-order valence-electron chi connectivity index (χ4n) is 1.80. The molecule has 0 spiro atoms. The summed E-state index contributed by atoms with van der Waals surface area (Å²) in [5.74, 6) is -1.55. The van der Waals surface area contributed by atoms with E-state index in [1.165, 1.54) is 25.3 Å². The Balaban J connectivity index is 2.19. The van der Waals surface area contributed by atoms with Crippen molar-refractivity contribution in [1.29, 1.82) is 0 Å². The second-order valence-corrected chi connectivity index (χ2v) is 5.14. The van der Waals surface area contributed by atoms with Crippen LogP contribution in [0.25, 0.3) is 0 Å². The Morgan fingerprint density at radius 2 is 2.00 bits per heavy atom. The van der Waals surface area contributed by atoms with Crippen LogP contribution < -0.4 is 5.32 Å². The van der Waals surface area contributed by atoms with Gasteiger partial charge in [0.05, 0.1) is 17.1 Å². The molecule has 3 nitrogen and oxygen atoms in total. The maximum atomic E-state index is 13.4. The molecule has 0 aromatic heterocycles. The highest BCUT2D eigenvalue weighted by molar-refractivity contribution is 9.10. The molecule has 0 saturated carbocycles. The third-order valence-electron chi connectivity index (χ3n) is 2.85. The van der Waals surface area contributed by atoms with Crippen LogP contribution >= 0.6 is 15.9 Å². The Bertz CT molecular complexity index is 677. The summed E-state index contributed by atoms with van der Waals surface area (Å²) in [6.07, 6.45) is 0. The summed E-state index contributed by atoms with van der Waals surface area (Å²) < 4.78 is 31.6. The fraction of sp³-hybridized carbons (Fsp3) is 0.133. The van der Waals surface area contributed by atoms with E-state index in [2.05, 4.69) is 26.0 Å². The number of halogens is 3. The zero-order valence-electron chi connectivity index (χ0n) is 11.1. The number of esters is 1. The lowest BCUT2D eigenvalue weighted by Gasteiger charge is -2.11. The van der Waals surface area contributed by atoms with Crippen molar-refractivity contribution < 1.29 is 18.3 Å².